The van der Waals surface area contributed by atoms with Gasteiger partial charge in [0, 0.05) is 31.7 Å². The molecule has 1 N–H and O–H groups in total. The molecule has 0 spiro atoms. The van der Waals surface area contributed by atoms with E-state index in [9.17, 15) is 4.79 Å². The van der Waals surface area contributed by atoms with Crippen molar-refractivity contribution in [3.63, 3.8) is 0 Å². The number of carbonyl (C=O) groups excluding carboxylic acids is 1. The number of rotatable bonds is 4. The van der Waals surface area contributed by atoms with Gasteiger partial charge < -0.3 is 15.1 Å². The van der Waals surface area contributed by atoms with E-state index in [4.69, 9.17) is 23.2 Å². The maximum absolute atomic E-state index is 12.3. The van der Waals surface area contributed by atoms with Crippen LogP contribution in [-0.4, -0.2) is 48.5 Å². The van der Waals surface area contributed by atoms with Crippen molar-refractivity contribution in [3.05, 3.63) is 52.1 Å². The minimum absolute atomic E-state index is 0.268. The molecule has 1 aromatic carbocycles. The lowest BCUT2D eigenvalue weighted by molar-refractivity contribution is 0.102. The number of aromatic nitrogens is 1. The van der Waals surface area contributed by atoms with Crippen molar-refractivity contribution in [3.8, 4) is 0 Å². The molecule has 2 aromatic rings. The Balaban J connectivity index is 1.62. The molecule has 0 atom stereocenters. The van der Waals surface area contributed by atoms with Crippen molar-refractivity contribution in [1.82, 2.24) is 9.88 Å². The van der Waals surface area contributed by atoms with E-state index in [1.54, 1.807) is 24.4 Å². The molecule has 132 valence electrons. The van der Waals surface area contributed by atoms with E-state index in [2.05, 4.69) is 27.0 Å². The summed E-state index contributed by atoms with van der Waals surface area (Å²) in [6, 6.07) is 8.58. The van der Waals surface area contributed by atoms with Crippen LogP contribution in [0.15, 0.2) is 36.5 Å². The number of nitrogens with one attached hydrogen (secondary N) is 1. The zero-order valence-corrected chi connectivity index (χ0v) is 15.5. The lowest BCUT2D eigenvalue weighted by Crippen LogP contribution is -2.46. The van der Waals surface area contributed by atoms with E-state index in [0.717, 1.165) is 38.4 Å². The number of amides is 1. The summed E-state index contributed by atoms with van der Waals surface area (Å²) in [7, 11) is 0. The molecule has 3 rings (SSSR count). The van der Waals surface area contributed by atoms with Crippen LogP contribution in [-0.2, 0) is 0 Å². The van der Waals surface area contributed by atoms with E-state index < -0.39 is 0 Å². The van der Waals surface area contributed by atoms with Gasteiger partial charge >= 0.3 is 0 Å². The number of hydrogen-bond donors (Lipinski definition) is 1. The molecule has 7 heteroatoms. The topological polar surface area (TPSA) is 48.5 Å². The Morgan fingerprint density at radius 1 is 1.12 bits per heavy atom. The number of halogens is 2. The summed E-state index contributed by atoms with van der Waals surface area (Å²) >= 11 is 11.8. The highest BCUT2D eigenvalue weighted by Crippen LogP contribution is 2.23. The first-order valence-electron chi connectivity index (χ1n) is 8.26. The third-order valence-corrected chi connectivity index (χ3v) is 5.09. The van der Waals surface area contributed by atoms with Gasteiger partial charge in [-0.05, 0) is 36.9 Å². The zero-order chi connectivity index (χ0) is 17.8. The standard InChI is InChI=1S/C18H20Cl2N4O/c1-2-23-7-9-24(10-8-23)14-4-6-17(21-12-14)22-18(25)13-3-5-15(19)16(20)11-13/h3-6,11-12H,2,7-10H2,1H3,(H,21,22,25). The minimum Gasteiger partial charge on any atom is -0.368 e. The molecule has 5 nitrogen and oxygen atoms in total. The fourth-order valence-corrected chi connectivity index (χ4v) is 3.09. The van der Waals surface area contributed by atoms with Crippen LogP contribution >= 0.6 is 23.2 Å². The van der Waals surface area contributed by atoms with Crippen LogP contribution in [0.4, 0.5) is 11.5 Å². The summed E-state index contributed by atoms with van der Waals surface area (Å²) in [5.74, 6) is 0.238. The summed E-state index contributed by atoms with van der Waals surface area (Å²) in [6.07, 6.45) is 1.80. The predicted octanol–water partition coefficient (Wildman–Crippen LogP) is 3.78. The fourth-order valence-electron chi connectivity index (χ4n) is 2.80. The lowest BCUT2D eigenvalue weighted by atomic mass is 10.2. The molecule has 1 aliphatic rings. The smallest absolute Gasteiger partial charge is 0.256 e. The first-order valence-corrected chi connectivity index (χ1v) is 9.02. The fraction of sp³-hybridized carbons (Fsp3) is 0.333. The Morgan fingerprint density at radius 2 is 1.88 bits per heavy atom. The Kier molecular flexibility index (Phi) is 5.78. The van der Waals surface area contributed by atoms with Crippen molar-refractivity contribution < 1.29 is 4.79 Å². The number of pyridine rings is 1. The summed E-state index contributed by atoms with van der Waals surface area (Å²) in [6.45, 7) is 7.38. The number of nitrogens with zero attached hydrogens (tertiary/aromatic N) is 3. The van der Waals surface area contributed by atoms with Crippen LogP contribution in [0.5, 0.6) is 0 Å². The van der Waals surface area contributed by atoms with E-state index in [0.29, 0.717) is 21.4 Å². The second-order valence-electron chi connectivity index (χ2n) is 5.91. The average molecular weight is 379 g/mol. The van der Waals surface area contributed by atoms with Crippen molar-refractivity contribution >= 4 is 40.6 Å². The van der Waals surface area contributed by atoms with Gasteiger partial charge in [0.25, 0.3) is 5.91 Å². The van der Waals surface area contributed by atoms with Gasteiger partial charge in [-0.15, -0.1) is 0 Å². The number of piperazine rings is 1. The summed E-state index contributed by atoms with van der Waals surface area (Å²) in [4.78, 5) is 21.4. The Hall–Kier alpha value is -1.82. The molecule has 0 bridgehead atoms. The molecule has 1 amide bonds. The summed E-state index contributed by atoms with van der Waals surface area (Å²) < 4.78 is 0. The van der Waals surface area contributed by atoms with E-state index in [1.807, 2.05) is 12.1 Å². The van der Waals surface area contributed by atoms with Gasteiger partial charge in [0.15, 0.2) is 0 Å². The molecule has 1 fully saturated rings. The Morgan fingerprint density at radius 3 is 2.48 bits per heavy atom. The molecule has 0 radical (unpaired) electrons. The minimum atomic E-state index is -0.268. The highest BCUT2D eigenvalue weighted by Gasteiger charge is 2.16. The second kappa shape index (κ2) is 8.04. The van der Waals surface area contributed by atoms with Crippen molar-refractivity contribution in [2.24, 2.45) is 0 Å². The molecule has 25 heavy (non-hydrogen) atoms. The van der Waals surface area contributed by atoms with E-state index in [-0.39, 0.29) is 5.91 Å². The predicted molar refractivity (Wildman–Crippen MR) is 103 cm³/mol. The molecule has 0 saturated carbocycles. The number of hydrogen-bond acceptors (Lipinski definition) is 4. The van der Waals surface area contributed by atoms with E-state index in [1.165, 1.54) is 0 Å². The van der Waals surface area contributed by atoms with Crippen LogP contribution in [0.3, 0.4) is 0 Å². The average Bonchev–Trinajstić information content (AvgIpc) is 2.64. The highest BCUT2D eigenvalue weighted by molar-refractivity contribution is 6.42. The normalized spacial score (nSPS) is 15.2. The van der Waals surface area contributed by atoms with Gasteiger partial charge in [-0.2, -0.15) is 0 Å². The van der Waals surface area contributed by atoms with Gasteiger partial charge in [-0.1, -0.05) is 30.1 Å². The molecule has 2 heterocycles. The van der Waals surface area contributed by atoms with Crippen molar-refractivity contribution in [2.45, 2.75) is 6.92 Å². The summed E-state index contributed by atoms with van der Waals surface area (Å²) in [5, 5.41) is 3.54. The number of benzene rings is 1. The third kappa shape index (κ3) is 4.42. The van der Waals surface area contributed by atoms with Crippen LogP contribution in [0, 0.1) is 0 Å². The number of likely N-dealkylation sites (N-methyl/N-ethyl adjacent to an activating group) is 1. The number of anilines is 2. The molecule has 0 aliphatic carbocycles. The van der Waals surface area contributed by atoms with E-state index >= 15 is 0 Å². The Bertz CT molecular complexity index is 743. The first kappa shape index (κ1) is 18.0. The van der Waals surface area contributed by atoms with Gasteiger partial charge in [0.2, 0.25) is 0 Å². The summed E-state index contributed by atoms with van der Waals surface area (Å²) in [5.41, 5.74) is 1.51. The van der Waals surface area contributed by atoms with Gasteiger partial charge in [-0.3, -0.25) is 4.79 Å². The third-order valence-electron chi connectivity index (χ3n) is 4.36. The van der Waals surface area contributed by atoms with Crippen molar-refractivity contribution in [2.75, 3.05) is 42.9 Å². The molecule has 1 aliphatic heterocycles. The SMILES string of the molecule is CCN1CCN(c2ccc(NC(=O)c3ccc(Cl)c(Cl)c3)nc2)CC1. The maximum Gasteiger partial charge on any atom is 0.256 e. The molecule has 1 aromatic heterocycles. The van der Waals surface area contributed by atoms with Crippen molar-refractivity contribution in [1.29, 1.82) is 0 Å². The monoisotopic (exact) mass is 378 g/mol. The van der Waals surface area contributed by atoms with Crippen LogP contribution in [0.1, 0.15) is 17.3 Å². The Labute approximate surface area is 157 Å². The molecule has 1 saturated heterocycles. The van der Waals surface area contributed by atoms with Crippen LogP contribution in [0.25, 0.3) is 0 Å². The van der Waals surface area contributed by atoms with Gasteiger partial charge in [-0.25, -0.2) is 4.98 Å². The lowest BCUT2D eigenvalue weighted by Gasteiger charge is -2.35. The van der Waals surface area contributed by atoms with Crippen LogP contribution < -0.4 is 10.2 Å². The second-order valence-corrected chi connectivity index (χ2v) is 6.72. The highest BCUT2D eigenvalue weighted by atomic mass is 35.5. The quantitative estimate of drug-likeness (QED) is 0.879. The first-order chi connectivity index (χ1) is 12.1. The molecular formula is C18H20Cl2N4O. The van der Waals surface area contributed by atoms with Crippen LogP contribution in [0.2, 0.25) is 10.0 Å². The zero-order valence-electron chi connectivity index (χ0n) is 14.0. The molecular weight excluding hydrogens is 359 g/mol. The molecule has 0 unspecified atom stereocenters. The van der Waals surface area contributed by atoms with Gasteiger partial charge in [0.05, 0.1) is 21.9 Å². The van der Waals surface area contributed by atoms with Gasteiger partial charge in [0.1, 0.15) is 5.82 Å². The number of carbonyl (C=O) groups is 1. The maximum atomic E-state index is 12.3. The largest absolute Gasteiger partial charge is 0.368 e.